The Bertz CT molecular complexity index is 365. The highest BCUT2D eigenvalue weighted by molar-refractivity contribution is 7.80. The zero-order valence-electron chi connectivity index (χ0n) is 7.70. The Morgan fingerprint density at radius 2 is 2.07 bits per heavy atom. The van der Waals surface area contributed by atoms with Crippen LogP contribution in [-0.2, 0) is 4.74 Å². The summed E-state index contributed by atoms with van der Waals surface area (Å²) in [6.45, 7) is 0. The molecule has 0 aliphatic rings. The van der Waals surface area contributed by atoms with E-state index in [4.69, 9.17) is 16.3 Å². The van der Waals surface area contributed by atoms with Crippen LogP contribution in [0.25, 0.3) is 0 Å². The van der Waals surface area contributed by atoms with Gasteiger partial charge in [0.15, 0.2) is 0 Å². The first-order valence-corrected chi connectivity index (χ1v) is 4.57. The molecule has 14 heavy (non-hydrogen) atoms. The molecule has 5 heteroatoms. The van der Waals surface area contributed by atoms with E-state index in [9.17, 15) is 4.79 Å². The molecule has 0 atom stereocenters. The van der Waals surface area contributed by atoms with E-state index in [1.807, 2.05) is 0 Å². The van der Waals surface area contributed by atoms with Crippen molar-refractivity contribution in [3.63, 3.8) is 0 Å². The van der Waals surface area contributed by atoms with E-state index >= 15 is 0 Å². The molecular weight excluding hydrogens is 224 g/mol. The minimum absolute atomic E-state index is 0.321. The summed E-state index contributed by atoms with van der Waals surface area (Å²) >= 11 is 9.96. The first-order valence-electron chi connectivity index (χ1n) is 3.75. The lowest BCUT2D eigenvalue weighted by atomic mass is 10.2. The zero-order chi connectivity index (χ0) is 10.7. The maximum Gasteiger partial charge on any atom is 0.339 e. The quantitative estimate of drug-likeness (QED) is 0.628. The third-order valence-corrected chi connectivity index (χ3v) is 2.34. The number of thiol groups is 1. The van der Waals surface area contributed by atoms with Gasteiger partial charge in [-0.05, 0) is 12.1 Å². The van der Waals surface area contributed by atoms with E-state index in [1.165, 1.54) is 20.3 Å². The zero-order valence-corrected chi connectivity index (χ0v) is 9.35. The molecular formula is C9H9ClO3S. The van der Waals surface area contributed by atoms with Crippen LogP contribution in [0.4, 0.5) is 0 Å². The van der Waals surface area contributed by atoms with Crippen molar-refractivity contribution in [3.8, 4) is 5.75 Å². The predicted molar refractivity (Wildman–Crippen MR) is 56.6 cm³/mol. The molecule has 0 spiro atoms. The maximum atomic E-state index is 11.2. The van der Waals surface area contributed by atoms with Gasteiger partial charge in [-0.25, -0.2) is 4.79 Å². The Balaban J connectivity index is 3.21. The molecule has 76 valence electrons. The summed E-state index contributed by atoms with van der Waals surface area (Å²) in [4.78, 5) is 11.7. The van der Waals surface area contributed by atoms with Crippen molar-refractivity contribution in [3.05, 3.63) is 22.7 Å². The van der Waals surface area contributed by atoms with E-state index in [1.54, 1.807) is 6.07 Å². The molecule has 1 rings (SSSR count). The summed E-state index contributed by atoms with van der Waals surface area (Å²) in [5, 5.41) is 0.353. The minimum Gasteiger partial charge on any atom is -0.495 e. The maximum absolute atomic E-state index is 11.2. The van der Waals surface area contributed by atoms with Crippen LogP contribution < -0.4 is 4.74 Å². The van der Waals surface area contributed by atoms with E-state index in [0.717, 1.165) is 0 Å². The Labute approximate surface area is 92.4 Å². The Kier molecular flexibility index (Phi) is 3.66. The summed E-state index contributed by atoms with van der Waals surface area (Å²) < 4.78 is 9.52. The lowest BCUT2D eigenvalue weighted by Gasteiger charge is -2.07. The van der Waals surface area contributed by atoms with Crippen LogP contribution in [0.1, 0.15) is 10.4 Å². The molecule has 0 fully saturated rings. The topological polar surface area (TPSA) is 35.5 Å². The fourth-order valence-corrected chi connectivity index (χ4v) is 1.49. The predicted octanol–water partition coefficient (Wildman–Crippen LogP) is 2.42. The molecule has 0 amide bonds. The number of rotatable bonds is 2. The molecule has 1 aromatic rings. The highest BCUT2D eigenvalue weighted by Gasteiger charge is 2.13. The van der Waals surface area contributed by atoms with Gasteiger partial charge in [0.2, 0.25) is 0 Å². The second kappa shape index (κ2) is 4.57. The van der Waals surface area contributed by atoms with Gasteiger partial charge in [0.25, 0.3) is 0 Å². The lowest BCUT2D eigenvalue weighted by Crippen LogP contribution is -2.02. The fourth-order valence-electron chi connectivity index (χ4n) is 0.973. The first kappa shape index (κ1) is 11.2. The van der Waals surface area contributed by atoms with Crippen LogP contribution in [0.3, 0.4) is 0 Å². The molecule has 0 aliphatic heterocycles. The van der Waals surface area contributed by atoms with Crippen LogP contribution in [-0.4, -0.2) is 20.2 Å². The molecule has 1 aromatic carbocycles. The second-order valence-electron chi connectivity index (χ2n) is 2.50. The van der Waals surface area contributed by atoms with Gasteiger partial charge in [-0.1, -0.05) is 11.6 Å². The van der Waals surface area contributed by atoms with Gasteiger partial charge in [0.1, 0.15) is 5.75 Å². The number of esters is 1. The van der Waals surface area contributed by atoms with E-state index in [0.29, 0.717) is 21.2 Å². The van der Waals surface area contributed by atoms with Crippen LogP contribution >= 0.6 is 24.2 Å². The Morgan fingerprint density at radius 1 is 1.43 bits per heavy atom. The van der Waals surface area contributed by atoms with E-state index < -0.39 is 5.97 Å². The molecule has 0 N–H and O–H groups in total. The average molecular weight is 233 g/mol. The van der Waals surface area contributed by atoms with Crippen molar-refractivity contribution >= 4 is 30.2 Å². The number of carbonyl (C=O) groups excluding carboxylic acids is 1. The lowest BCUT2D eigenvalue weighted by molar-refractivity contribution is 0.0597. The Morgan fingerprint density at radius 3 is 2.57 bits per heavy atom. The third-order valence-electron chi connectivity index (χ3n) is 1.68. The number of ether oxygens (including phenoxy) is 2. The number of carbonyl (C=O) groups is 1. The highest BCUT2D eigenvalue weighted by atomic mass is 35.5. The smallest absolute Gasteiger partial charge is 0.339 e. The summed E-state index contributed by atoms with van der Waals surface area (Å²) in [5.41, 5.74) is 0.321. The molecule has 0 unspecified atom stereocenters. The second-order valence-corrected chi connectivity index (χ2v) is 3.38. The van der Waals surface area contributed by atoms with Crippen molar-refractivity contribution in [2.45, 2.75) is 4.90 Å². The summed E-state index contributed by atoms with van der Waals surface area (Å²) in [5.74, 6) is 0.00359. The standard InChI is InChI=1S/C9H9ClO3S/c1-12-7-4-8(14)5(3-6(7)10)9(11)13-2/h3-4,14H,1-2H3. The number of methoxy groups -OCH3 is 2. The largest absolute Gasteiger partial charge is 0.495 e. The van der Waals surface area contributed by atoms with Gasteiger partial charge in [-0.3, -0.25) is 0 Å². The summed E-state index contributed by atoms with van der Waals surface area (Å²) in [6.07, 6.45) is 0. The van der Waals surface area contributed by atoms with Crippen LogP contribution in [0.5, 0.6) is 5.75 Å². The fraction of sp³-hybridized carbons (Fsp3) is 0.222. The van der Waals surface area contributed by atoms with Gasteiger partial charge in [-0.15, -0.1) is 12.6 Å². The molecule has 0 aliphatic carbocycles. The molecule has 3 nitrogen and oxygen atoms in total. The molecule has 0 saturated heterocycles. The molecule has 0 heterocycles. The first-order chi connectivity index (χ1) is 6.60. The van der Waals surface area contributed by atoms with Gasteiger partial charge >= 0.3 is 5.97 Å². The van der Waals surface area contributed by atoms with Crippen molar-refractivity contribution in [2.24, 2.45) is 0 Å². The number of hydrogen-bond acceptors (Lipinski definition) is 4. The van der Waals surface area contributed by atoms with Crippen LogP contribution in [0, 0.1) is 0 Å². The summed E-state index contributed by atoms with van der Waals surface area (Å²) in [6, 6.07) is 3.03. The third kappa shape index (κ3) is 2.13. The minimum atomic E-state index is -0.473. The van der Waals surface area contributed by atoms with Crippen molar-refractivity contribution in [2.75, 3.05) is 14.2 Å². The normalized spacial score (nSPS) is 9.71. The van der Waals surface area contributed by atoms with E-state index in [-0.39, 0.29) is 0 Å². The Hall–Kier alpha value is -0.870. The van der Waals surface area contributed by atoms with Gasteiger partial charge in [-0.2, -0.15) is 0 Å². The average Bonchev–Trinajstić information content (AvgIpc) is 2.19. The van der Waals surface area contributed by atoms with Crippen LogP contribution in [0.15, 0.2) is 17.0 Å². The number of halogens is 1. The molecule has 0 saturated carbocycles. The number of benzene rings is 1. The van der Waals surface area contributed by atoms with Gasteiger partial charge in [0, 0.05) is 4.90 Å². The molecule has 0 radical (unpaired) electrons. The number of hydrogen-bond donors (Lipinski definition) is 1. The van der Waals surface area contributed by atoms with E-state index in [2.05, 4.69) is 17.4 Å². The summed E-state index contributed by atoms with van der Waals surface area (Å²) in [7, 11) is 2.79. The van der Waals surface area contributed by atoms with Crippen molar-refractivity contribution in [1.82, 2.24) is 0 Å². The van der Waals surface area contributed by atoms with Crippen LogP contribution in [0.2, 0.25) is 5.02 Å². The van der Waals surface area contributed by atoms with Gasteiger partial charge in [0.05, 0.1) is 24.8 Å². The highest BCUT2D eigenvalue weighted by Crippen LogP contribution is 2.30. The molecule has 0 bridgehead atoms. The SMILES string of the molecule is COC(=O)c1cc(Cl)c(OC)cc1S. The van der Waals surface area contributed by atoms with Crippen molar-refractivity contribution in [1.29, 1.82) is 0 Å². The molecule has 0 aromatic heterocycles. The monoisotopic (exact) mass is 232 g/mol. The van der Waals surface area contributed by atoms with Gasteiger partial charge < -0.3 is 9.47 Å². The van der Waals surface area contributed by atoms with Crippen molar-refractivity contribution < 1.29 is 14.3 Å².